The number of amides is 3. The zero-order valence-corrected chi connectivity index (χ0v) is 14.4. The first-order chi connectivity index (χ1) is 11.6. The molecule has 3 rings (SSSR count). The van der Waals surface area contributed by atoms with E-state index in [9.17, 15) is 14.4 Å². The van der Waals surface area contributed by atoms with Gasteiger partial charge in [0.2, 0.25) is 17.7 Å². The van der Waals surface area contributed by atoms with E-state index in [0.717, 1.165) is 45.4 Å². The number of nitrogens with zero attached hydrogens (tertiary/aromatic N) is 4. The van der Waals surface area contributed by atoms with Gasteiger partial charge in [-0.25, -0.2) is 0 Å². The molecule has 0 atom stereocenters. The Balaban J connectivity index is 1.39. The number of carbonyl (C=O) groups excluding carboxylic acids is 3. The van der Waals surface area contributed by atoms with Crippen molar-refractivity contribution in [1.29, 1.82) is 0 Å². The monoisotopic (exact) mass is 336 g/mol. The van der Waals surface area contributed by atoms with Crippen LogP contribution in [0.25, 0.3) is 0 Å². The zero-order valence-electron chi connectivity index (χ0n) is 14.4. The van der Waals surface area contributed by atoms with Crippen LogP contribution in [0.3, 0.4) is 0 Å². The van der Waals surface area contributed by atoms with Crippen LogP contribution in [0.2, 0.25) is 0 Å². The molecular formula is C17H28N4O3. The lowest BCUT2D eigenvalue weighted by Gasteiger charge is -2.36. The first kappa shape index (κ1) is 17.2. The number of carbonyl (C=O) groups is 3. The summed E-state index contributed by atoms with van der Waals surface area (Å²) in [5.74, 6) is 0.346. The quantitative estimate of drug-likeness (QED) is 0.711. The van der Waals surface area contributed by atoms with Crippen molar-refractivity contribution >= 4 is 17.7 Å². The van der Waals surface area contributed by atoms with Gasteiger partial charge in [-0.3, -0.25) is 19.3 Å². The lowest BCUT2D eigenvalue weighted by Crippen LogP contribution is -2.53. The number of rotatable bonds is 4. The minimum Gasteiger partial charge on any atom is -0.342 e. The van der Waals surface area contributed by atoms with Crippen LogP contribution in [0.4, 0.5) is 0 Å². The average Bonchev–Trinajstić information content (AvgIpc) is 3.01. The fraction of sp³-hybridized carbons (Fsp3) is 0.824. The second-order valence-corrected chi connectivity index (χ2v) is 7.02. The molecule has 0 radical (unpaired) electrons. The van der Waals surface area contributed by atoms with Crippen LogP contribution in [0.15, 0.2) is 0 Å². The molecular weight excluding hydrogens is 308 g/mol. The van der Waals surface area contributed by atoms with E-state index < -0.39 is 0 Å². The third-order valence-electron chi connectivity index (χ3n) is 5.29. The third-order valence-corrected chi connectivity index (χ3v) is 5.29. The summed E-state index contributed by atoms with van der Waals surface area (Å²) < 4.78 is 0. The lowest BCUT2D eigenvalue weighted by molar-refractivity contribution is -0.140. The first-order valence-electron chi connectivity index (χ1n) is 9.19. The molecule has 3 aliphatic heterocycles. The first-order valence-corrected chi connectivity index (χ1v) is 9.19. The third kappa shape index (κ3) is 4.26. The number of piperazine rings is 1. The molecule has 3 heterocycles. The minimum atomic E-state index is 0.0345. The highest BCUT2D eigenvalue weighted by Crippen LogP contribution is 2.12. The Labute approximate surface area is 143 Å². The molecule has 7 heteroatoms. The summed E-state index contributed by atoms with van der Waals surface area (Å²) in [5, 5.41) is 0. The second kappa shape index (κ2) is 7.96. The van der Waals surface area contributed by atoms with E-state index >= 15 is 0 Å². The van der Waals surface area contributed by atoms with Crippen molar-refractivity contribution in [3.05, 3.63) is 0 Å². The number of likely N-dealkylation sites (tertiary alicyclic amines) is 2. The highest BCUT2D eigenvalue weighted by atomic mass is 16.2. The Morgan fingerprint density at radius 1 is 0.708 bits per heavy atom. The molecule has 0 N–H and O–H groups in total. The number of hydrogen-bond acceptors (Lipinski definition) is 4. The number of hydrogen-bond donors (Lipinski definition) is 0. The predicted octanol–water partition coefficient (Wildman–Crippen LogP) is -0.234. The van der Waals surface area contributed by atoms with Crippen molar-refractivity contribution in [2.45, 2.75) is 32.1 Å². The standard InChI is InChI=1S/C17H28N4O3/c22-15-5-4-8-21(15)14-17(24)20-11-9-18(10-12-20)13-16(23)19-6-2-1-3-7-19/h1-14H2. The maximum Gasteiger partial charge on any atom is 0.242 e. The van der Waals surface area contributed by atoms with Gasteiger partial charge < -0.3 is 14.7 Å². The van der Waals surface area contributed by atoms with Gasteiger partial charge in [-0.2, -0.15) is 0 Å². The molecule has 24 heavy (non-hydrogen) atoms. The summed E-state index contributed by atoms with van der Waals surface area (Å²) in [4.78, 5) is 43.8. The van der Waals surface area contributed by atoms with Crippen molar-refractivity contribution in [2.75, 3.05) is 58.9 Å². The van der Waals surface area contributed by atoms with E-state index in [1.54, 1.807) is 4.90 Å². The summed E-state index contributed by atoms with van der Waals surface area (Å²) in [6.45, 7) is 5.93. The van der Waals surface area contributed by atoms with E-state index in [1.165, 1.54) is 6.42 Å². The fourth-order valence-electron chi connectivity index (χ4n) is 3.72. The largest absolute Gasteiger partial charge is 0.342 e. The molecule has 0 aromatic heterocycles. The van der Waals surface area contributed by atoms with Crippen molar-refractivity contribution in [3.8, 4) is 0 Å². The van der Waals surface area contributed by atoms with Crippen LogP contribution in [-0.4, -0.2) is 96.2 Å². The minimum absolute atomic E-state index is 0.0345. The summed E-state index contributed by atoms with van der Waals surface area (Å²) in [5.41, 5.74) is 0. The molecule has 7 nitrogen and oxygen atoms in total. The van der Waals surface area contributed by atoms with Crippen molar-refractivity contribution in [3.63, 3.8) is 0 Å². The van der Waals surface area contributed by atoms with E-state index in [2.05, 4.69) is 4.90 Å². The molecule has 0 spiro atoms. The smallest absolute Gasteiger partial charge is 0.242 e. The predicted molar refractivity (Wildman–Crippen MR) is 89.3 cm³/mol. The molecule has 3 aliphatic rings. The Bertz CT molecular complexity index is 482. The molecule has 3 fully saturated rings. The van der Waals surface area contributed by atoms with Crippen molar-refractivity contribution in [2.24, 2.45) is 0 Å². The van der Waals surface area contributed by atoms with Gasteiger partial charge in [0, 0.05) is 52.2 Å². The van der Waals surface area contributed by atoms with Gasteiger partial charge in [0.25, 0.3) is 0 Å². The van der Waals surface area contributed by atoms with E-state index in [-0.39, 0.29) is 24.3 Å². The second-order valence-electron chi connectivity index (χ2n) is 7.02. The molecule has 3 saturated heterocycles. The molecule has 3 amide bonds. The van der Waals surface area contributed by atoms with Crippen molar-refractivity contribution in [1.82, 2.24) is 19.6 Å². The van der Waals surface area contributed by atoms with Gasteiger partial charge in [-0.05, 0) is 25.7 Å². The van der Waals surface area contributed by atoms with Crippen molar-refractivity contribution < 1.29 is 14.4 Å². The maximum absolute atomic E-state index is 12.3. The maximum atomic E-state index is 12.3. The van der Waals surface area contributed by atoms with Crippen LogP contribution < -0.4 is 0 Å². The Morgan fingerprint density at radius 3 is 1.96 bits per heavy atom. The topological polar surface area (TPSA) is 64.2 Å². The summed E-state index contributed by atoms with van der Waals surface area (Å²) >= 11 is 0. The van der Waals surface area contributed by atoms with Gasteiger partial charge in [-0.15, -0.1) is 0 Å². The fourth-order valence-corrected chi connectivity index (χ4v) is 3.72. The van der Waals surface area contributed by atoms with Gasteiger partial charge >= 0.3 is 0 Å². The van der Waals surface area contributed by atoms with Gasteiger partial charge in [-0.1, -0.05) is 0 Å². The molecule has 0 saturated carbocycles. The van der Waals surface area contributed by atoms with Gasteiger partial charge in [0.1, 0.15) is 0 Å². The molecule has 0 aliphatic carbocycles. The molecule has 134 valence electrons. The average molecular weight is 336 g/mol. The Morgan fingerprint density at radius 2 is 1.33 bits per heavy atom. The van der Waals surface area contributed by atoms with E-state index in [4.69, 9.17) is 0 Å². The van der Waals surface area contributed by atoms with Gasteiger partial charge in [0.05, 0.1) is 13.1 Å². The van der Waals surface area contributed by atoms with Crippen LogP contribution in [0, 0.1) is 0 Å². The van der Waals surface area contributed by atoms with Crippen LogP contribution in [-0.2, 0) is 14.4 Å². The molecule has 0 unspecified atom stereocenters. The van der Waals surface area contributed by atoms with Crippen LogP contribution >= 0.6 is 0 Å². The molecule has 0 aromatic carbocycles. The molecule has 0 aromatic rings. The Hall–Kier alpha value is -1.63. The van der Waals surface area contributed by atoms with Crippen LogP contribution in [0.5, 0.6) is 0 Å². The van der Waals surface area contributed by atoms with E-state index in [0.29, 0.717) is 32.6 Å². The number of piperidine rings is 1. The summed E-state index contributed by atoms with van der Waals surface area (Å²) in [6, 6.07) is 0. The SMILES string of the molecule is O=C(CN1CCN(C(=O)CN2CCCC2=O)CC1)N1CCCCC1. The lowest BCUT2D eigenvalue weighted by atomic mass is 10.1. The zero-order chi connectivity index (χ0) is 16.9. The summed E-state index contributed by atoms with van der Waals surface area (Å²) in [7, 11) is 0. The normalized spacial score (nSPS) is 23.0. The van der Waals surface area contributed by atoms with E-state index in [1.807, 2.05) is 9.80 Å². The van der Waals surface area contributed by atoms with Crippen LogP contribution in [0.1, 0.15) is 32.1 Å². The summed E-state index contributed by atoms with van der Waals surface area (Å²) in [6.07, 6.45) is 4.88. The van der Waals surface area contributed by atoms with Gasteiger partial charge in [0.15, 0.2) is 0 Å². The highest BCUT2D eigenvalue weighted by Gasteiger charge is 2.28. The Kier molecular flexibility index (Phi) is 5.71. The highest BCUT2D eigenvalue weighted by molar-refractivity contribution is 5.86. The molecule has 0 bridgehead atoms.